The summed E-state index contributed by atoms with van der Waals surface area (Å²) in [6.45, 7) is 15.0. The van der Waals surface area contributed by atoms with Gasteiger partial charge in [0.05, 0.1) is 0 Å². The molecule has 0 bridgehead atoms. The summed E-state index contributed by atoms with van der Waals surface area (Å²) >= 11 is 0. The fraction of sp³-hybridized carbons (Fsp3) is 0.875. The molecule has 0 atom stereocenters. The molecule has 0 aromatic rings. The Morgan fingerprint density at radius 2 is 1.78 bits per heavy atom. The molecule has 2 nitrogen and oxygen atoms in total. The Kier molecular flexibility index (Phi) is 4.85. The van der Waals surface area contributed by atoms with Gasteiger partial charge in [0.25, 0.3) is 0 Å². The Hall–Kier alpha value is -0.340. The Labute approximate surface area is 113 Å². The first kappa shape index (κ1) is 14.1. The monoisotopic (exact) mass is 250 g/mol. The van der Waals surface area contributed by atoms with E-state index in [1.54, 1.807) is 0 Å². The first-order chi connectivity index (χ1) is 8.61. The SMILES string of the molecule is C=C(CCN1CCC2(CCNCC2)CC1)C(C)C. The normalized spacial score (nSPS) is 24.6. The Morgan fingerprint density at radius 3 is 2.33 bits per heavy atom. The van der Waals surface area contributed by atoms with Crippen molar-refractivity contribution in [3.63, 3.8) is 0 Å². The molecule has 0 amide bonds. The number of likely N-dealkylation sites (tertiary alicyclic amines) is 1. The summed E-state index contributed by atoms with van der Waals surface area (Å²) in [5.74, 6) is 0.644. The lowest BCUT2D eigenvalue weighted by molar-refractivity contribution is 0.0744. The Morgan fingerprint density at radius 1 is 1.17 bits per heavy atom. The van der Waals surface area contributed by atoms with Crippen LogP contribution >= 0.6 is 0 Å². The number of hydrogen-bond donors (Lipinski definition) is 1. The van der Waals surface area contributed by atoms with Gasteiger partial charge in [0.15, 0.2) is 0 Å². The molecule has 2 rings (SSSR count). The van der Waals surface area contributed by atoms with Gasteiger partial charge in [-0.2, -0.15) is 0 Å². The third-order valence-electron chi connectivity index (χ3n) is 5.15. The zero-order valence-corrected chi connectivity index (χ0v) is 12.3. The van der Waals surface area contributed by atoms with Gasteiger partial charge in [0.2, 0.25) is 0 Å². The molecule has 0 radical (unpaired) electrons. The smallest absolute Gasteiger partial charge is 0.00186 e. The van der Waals surface area contributed by atoms with E-state index in [1.807, 2.05) is 0 Å². The molecule has 0 aromatic heterocycles. The highest BCUT2D eigenvalue weighted by molar-refractivity contribution is 4.98. The molecule has 1 spiro atoms. The van der Waals surface area contributed by atoms with Gasteiger partial charge in [-0.05, 0) is 69.6 Å². The van der Waals surface area contributed by atoms with Crippen LogP contribution in [0.5, 0.6) is 0 Å². The molecule has 0 saturated carbocycles. The lowest BCUT2D eigenvalue weighted by Gasteiger charge is -2.44. The summed E-state index contributed by atoms with van der Waals surface area (Å²) in [7, 11) is 0. The fourth-order valence-electron chi connectivity index (χ4n) is 3.30. The summed E-state index contributed by atoms with van der Waals surface area (Å²) in [5.41, 5.74) is 2.11. The predicted molar refractivity (Wildman–Crippen MR) is 78.8 cm³/mol. The van der Waals surface area contributed by atoms with Crippen molar-refractivity contribution in [2.45, 2.75) is 46.0 Å². The maximum absolute atomic E-state index is 4.19. The van der Waals surface area contributed by atoms with Gasteiger partial charge in [-0.1, -0.05) is 26.0 Å². The second-order valence-corrected chi connectivity index (χ2v) is 6.65. The molecule has 2 aliphatic rings. The highest BCUT2D eigenvalue weighted by Gasteiger charge is 2.35. The molecule has 2 saturated heterocycles. The van der Waals surface area contributed by atoms with Gasteiger partial charge in [0.1, 0.15) is 0 Å². The van der Waals surface area contributed by atoms with Gasteiger partial charge in [-0.15, -0.1) is 0 Å². The summed E-state index contributed by atoms with van der Waals surface area (Å²) < 4.78 is 0. The van der Waals surface area contributed by atoms with Crippen molar-refractivity contribution >= 4 is 0 Å². The van der Waals surface area contributed by atoms with Gasteiger partial charge < -0.3 is 10.2 Å². The van der Waals surface area contributed by atoms with E-state index in [2.05, 4.69) is 30.6 Å². The minimum Gasteiger partial charge on any atom is -0.317 e. The number of nitrogens with one attached hydrogen (secondary N) is 1. The van der Waals surface area contributed by atoms with Crippen molar-refractivity contribution in [3.05, 3.63) is 12.2 Å². The molecule has 2 heteroatoms. The second-order valence-electron chi connectivity index (χ2n) is 6.65. The van der Waals surface area contributed by atoms with E-state index in [4.69, 9.17) is 0 Å². The van der Waals surface area contributed by atoms with Gasteiger partial charge in [0, 0.05) is 6.54 Å². The molecule has 0 unspecified atom stereocenters. The number of rotatable bonds is 4. The molecular formula is C16H30N2. The second kappa shape index (κ2) is 6.21. The van der Waals surface area contributed by atoms with Crippen molar-refractivity contribution in [3.8, 4) is 0 Å². The van der Waals surface area contributed by atoms with Gasteiger partial charge >= 0.3 is 0 Å². The number of hydrogen-bond acceptors (Lipinski definition) is 2. The molecule has 2 heterocycles. The third kappa shape index (κ3) is 3.58. The zero-order valence-electron chi connectivity index (χ0n) is 12.3. The van der Waals surface area contributed by atoms with Crippen molar-refractivity contribution in [2.24, 2.45) is 11.3 Å². The topological polar surface area (TPSA) is 15.3 Å². The van der Waals surface area contributed by atoms with E-state index in [-0.39, 0.29) is 0 Å². The van der Waals surface area contributed by atoms with Gasteiger partial charge in [-0.3, -0.25) is 0 Å². The van der Waals surface area contributed by atoms with Crippen LogP contribution in [0, 0.1) is 11.3 Å². The van der Waals surface area contributed by atoms with Crippen LogP contribution in [-0.2, 0) is 0 Å². The van der Waals surface area contributed by atoms with Crippen LogP contribution in [0.25, 0.3) is 0 Å². The molecule has 1 N–H and O–H groups in total. The maximum Gasteiger partial charge on any atom is 0.00186 e. The van der Waals surface area contributed by atoms with E-state index >= 15 is 0 Å². The van der Waals surface area contributed by atoms with Crippen LogP contribution in [0.1, 0.15) is 46.0 Å². The molecule has 2 fully saturated rings. The van der Waals surface area contributed by atoms with Crippen LogP contribution in [0.4, 0.5) is 0 Å². The van der Waals surface area contributed by atoms with Crippen LogP contribution in [0.2, 0.25) is 0 Å². The molecule has 18 heavy (non-hydrogen) atoms. The molecule has 0 aliphatic carbocycles. The lowest BCUT2D eigenvalue weighted by Crippen LogP contribution is -2.45. The fourth-order valence-corrected chi connectivity index (χ4v) is 3.30. The summed E-state index contributed by atoms with van der Waals surface area (Å²) in [5, 5.41) is 3.49. The molecule has 2 aliphatic heterocycles. The van der Waals surface area contributed by atoms with Crippen molar-refractivity contribution in [1.82, 2.24) is 10.2 Å². The minimum atomic E-state index is 0.644. The van der Waals surface area contributed by atoms with E-state index in [0.29, 0.717) is 11.3 Å². The predicted octanol–water partition coefficient (Wildman–Crippen LogP) is 3.05. The zero-order chi connectivity index (χ0) is 13.0. The number of piperidine rings is 2. The van der Waals surface area contributed by atoms with Crippen LogP contribution in [-0.4, -0.2) is 37.6 Å². The third-order valence-corrected chi connectivity index (χ3v) is 5.15. The average Bonchev–Trinajstić information content (AvgIpc) is 2.39. The van der Waals surface area contributed by atoms with Crippen molar-refractivity contribution in [1.29, 1.82) is 0 Å². The van der Waals surface area contributed by atoms with Crippen molar-refractivity contribution < 1.29 is 0 Å². The standard InChI is InChI=1S/C16H30N2/c1-14(2)15(3)4-11-18-12-7-16(8-13-18)5-9-17-10-6-16/h14,17H,3-13H2,1-2H3. The summed E-state index contributed by atoms with van der Waals surface area (Å²) in [6, 6.07) is 0. The van der Waals surface area contributed by atoms with Crippen LogP contribution < -0.4 is 5.32 Å². The van der Waals surface area contributed by atoms with Crippen molar-refractivity contribution in [2.75, 3.05) is 32.7 Å². The van der Waals surface area contributed by atoms with E-state index in [1.165, 1.54) is 70.4 Å². The van der Waals surface area contributed by atoms with Crippen LogP contribution in [0.3, 0.4) is 0 Å². The maximum atomic E-state index is 4.19. The molecule has 104 valence electrons. The first-order valence-corrected chi connectivity index (χ1v) is 7.72. The Bertz CT molecular complexity index is 267. The average molecular weight is 250 g/mol. The summed E-state index contributed by atoms with van der Waals surface area (Å²) in [4.78, 5) is 2.65. The van der Waals surface area contributed by atoms with E-state index < -0.39 is 0 Å². The van der Waals surface area contributed by atoms with Gasteiger partial charge in [-0.25, -0.2) is 0 Å². The largest absolute Gasteiger partial charge is 0.317 e. The summed E-state index contributed by atoms with van der Waals surface area (Å²) in [6.07, 6.45) is 6.83. The quantitative estimate of drug-likeness (QED) is 0.772. The molecular weight excluding hydrogens is 220 g/mol. The minimum absolute atomic E-state index is 0.644. The van der Waals surface area contributed by atoms with E-state index in [0.717, 1.165) is 0 Å². The highest BCUT2D eigenvalue weighted by Crippen LogP contribution is 2.39. The Balaban J connectivity index is 1.71. The molecule has 0 aromatic carbocycles. The van der Waals surface area contributed by atoms with E-state index in [9.17, 15) is 0 Å². The first-order valence-electron chi connectivity index (χ1n) is 7.72. The van der Waals surface area contributed by atoms with Crippen LogP contribution in [0.15, 0.2) is 12.2 Å². The highest BCUT2D eigenvalue weighted by atomic mass is 15.1. The number of nitrogens with zero attached hydrogens (tertiary/aromatic N) is 1. The lowest BCUT2D eigenvalue weighted by atomic mass is 9.71.